The van der Waals surface area contributed by atoms with Crippen molar-refractivity contribution in [2.24, 2.45) is 4.99 Å². The molecule has 1 aliphatic heterocycles. The summed E-state index contributed by atoms with van der Waals surface area (Å²) in [6.45, 7) is 4.14. The number of hydrogen-bond donors (Lipinski definition) is 2. The molecule has 2 aromatic rings. The van der Waals surface area contributed by atoms with Gasteiger partial charge in [0.1, 0.15) is 12.4 Å². The van der Waals surface area contributed by atoms with E-state index in [2.05, 4.69) is 20.6 Å². The van der Waals surface area contributed by atoms with Gasteiger partial charge in [-0.2, -0.15) is 0 Å². The molecule has 0 saturated heterocycles. The number of esters is 2. The number of allylic oxidation sites excluding steroid dienone is 1. The van der Waals surface area contributed by atoms with Gasteiger partial charge in [0.05, 0.1) is 32.0 Å². The smallest absolute Gasteiger partial charge is 0.338 e. The average Bonchev–Trinajstić information content (AvgIpc) is 3.30. The molecule has 0 fully saturated rings. The maximum atomic E-state index is 13.1. The van der Waals surface area contributed by atoms with E-state index in [1.54, 1.807) is 31.2 Å². The number of nitrogens with one attached hydrogen (secondary N) is 2. The van der Waals surface area contributed by atoms with Crippen molar-refractivity contribution in [1.29, 1.82) is 0 Å². The molecule has 0 radical (unpaired) electrons. The highest BCUT2D eigenvalue weighted by Gasteiger charge is 2.41. The van der Waals surface area contributed by atoms with Gasteiger partial charge in [-0.1, -0.05) is 29.3 Å². The number of aryl methyl sites for hydroxylation is 1. The van der Waals surface area contributed by atoms with Crippen molar-refractivity contribution in [1.82, 2.24) is 10.3 Å². The summed E-state index contributed by atoms with van der Waals surface area (Å²) in [6, 6.07) is 9.53. The van der Waals surface area contributed by atoms with Crippen molar-refractivity contribution in [2.45, 2.75) is 38.3 Å². The van der Waals surface area contributed by atoms with Crippen LogP contribution in [0.4, 0.5) is 5.82 Å². The second-order valence-corrected chi connectivity index (χ2v) is 9.17. The highest BCUT2D eigenvalue weighted by molar-refractivity contribution is 6.34. The van der Waals surface area contributed by atoms with E-state index in [0.717, 1.165) is 5.69 Å². The standard InChI is InChI=1S/C26H28Cl2N4O5/c1-3-36-24(34)15-21(18-12-19(27)14-20(28)13-18)32-23(33)16-26(8-5-9-30-26)25(35)37-11-10-29-22-7-4-6-17(2)31-22/h4-9,12-14,21H,3,10-11,15-16H2,1-2H3,(H,29,31)(H,32,33). The van der Waals surface area contributed by atoms with Crippen molar-refractivity contribution in [3.63, 3.8) is 0 Å². The third kappa shape index (κ3) is 8.30. The molecule has 0 aliphatic carbocycles. The molecule has 2 unspecified atom stereocenters. The Bertz CT molecular complexity index is 1170. The number of aliphatic imine (C=N–C) groups is 1. The highest BCUT2D eigenvalue weighted by atomic mass is 35.5. The Hall–Kier alpha value is -3.43. The number of benzene rings is 1. The lowest BCUT2D eigenvalue weighted by Gasteiger charge is -2.24. The molecule has 2 atom stereocenters. The maximum Gasteiger partial charge on any atom is 0.338 e. The van der Waals surface area contributed by atoms with Crippen molar-refractivity contribution in [2.75, 3.05) is 25.1 Å². The first-order valence-electron chi connectivity index (χ1n) is 11.7. The number of ether oxygens (including phenoxy) is 2. The monoisotopic (exact) mass is 546 g/mol. The van der Waals surface area contributed by atoms with Crippen LogP contribution in [0.25, 0.3) is 0 Å². The van der Waals surface area contributed by atoms with Gasteiger partial charge in [0.2, 0.25) is 5.91 Å². The van der Waals surface area contributed by atoms with E-state index in [1.165, 1.54) is 12.3 Å². The van der Waals surface area contributed by atoms with Gasteiger partial charge >= 0.3 is 11.9 Å². The Balaban J connectivity index is 1.64. The summed E-state index contributed by atoms with van der Waals surface area (Å²) < 4.78 is 10.5. The molecule has 1 aromatic carbocycles. The largest absolute Gasteiger partial charge is 0.466 e. The van der Waals surface area contributed by atoms with Crippen molar-refractivity contribution >= 4 is 53.1 Å². The van der Waals surface area contributed by atoms with Crippen LogP contribution in [-0.4, -0.2) is 54.3 Å². The molecule has 11 heteroatoms. The van der Waals surface area contributed by atoms with Crippen LogP contribution < -0.4 is 10.6 Å². The summed E-state index contributed by atoms with van der Waals surface area (Å²) in [7, 11) is 0. The maximum absolute atomic E-state index is 13.1. The van der Waals surface area contributed by atoms with Gasteiger partial charge in [0.25, 0.3) is 0 Å². The van der Waals surface area contributed by atoms with Crippen LogP contribution in [0.15, 0.2) is 53.5 Å². The number of hydrogen-bond acceptors (Lipinski definition) is 8. The molecule has 0 spiro atoms. The fraction of sp³-hybridized carbons (Fsp3) is 0.346. The first-order valence-corrected chi connectivity index (χ1v) is 12.4. The molecule has 1 aliphatic rings. The Kier molecular flexibility index (Phi) is 10.0. The molecular formula is C26H28Cl2N4O5. The average molecular weight is 547 g/mol. The van der Waals surface area contributed by atoms with Crippen LogP contribution in [0.2, 0.25) is 10.0 Å². The predicted octanol–water partition coefficient (Wildman–Crippen LogP) is 4.23. The van der Waals surface area contributed by atoms with Crippen LogP contribution in [-0.2, 0) is 23.9 Å². The molecule has 9 nitrogen and oxygen atoms in total. The van der Waals surface area contributed by atoms with E-state index in [9.17, 15) is 14.4 Å². The number of nitrogens with zero attached hydrogens (tertiary/aromatic N) is 2. The fourth-order valence-corrected chi connectivity index (χ4v) is 4.26. The number of carbonyl (C=O) groups excluding carboxylic acids is 3. The lowest BCUT2D eigenvalue weighted by molar-refractivity contribution is -0.149. The minimum absolute atomic E-state index is 0.0493. The first kappa shape index (κ1) is 28.1. The van der Waals surface area contributed by atoms with Gasteiger partial charge in [-0.3, -0.25) is 14.6 Å². The number of carbonyl (C=O) groups is 3. The molecule has 0 bridgehead atoms. The van der Waals surface area contributed by atoms with Crippen LogP contribution in [0.5, 0.6) is 0 Å². The lowest BCUT2D eigenvalue weighted by atomic mass is 9.95. The number of aromatic nitrogens is 1. The second kappa shape index (κ2) is 13.2. The van der Waals surface area contributed by atoms with E-state index in [1.807, 2.05) is 25.1 Å². The van der Waals surface area contributed by atoms with E-state index in [0.29, 0.717) is 28.0 Å². The van der Waals surface area contributed by atoms with E-state index < -0.39 is 29.4 Å². The van der Waals surface area contributed by atoms with Gasteiger partial charge in [-0.05, 0) is 61.9 Å². The Morgan fingerprint density at radius 1 is 1.11 bits per heavy atom. The molecule has 3 rings (SSSR count). The van der Waals surface area contributed by atoms with Crippen LogP contribution in [0, 0.1) is 6.92 Å². The minimum Gasteiger partial charge on any atom is -0.466 e. The molecule has 2 N–H and O–H groups in total. The zero-order valence-electron chi connectivity index (χ0n) is 20.5. The first-order chi connectivity index (χ1) is 17.7. The topological polar surface area (TPSA) is 119 Å². The van der Waals surface area contributed by atoms with Crippen molar-refractivity contribution in [3.05, 3.63) is 69.9 Å². The Morgan fingerprint density at radius 2 is 1.86 bits per heavy atom. The minimum atomic E-state index is -1.51. The van der Waals surface area contributed by atoms with Crippen LogP contribution in [0.1, 0.15) is 37.1 Å². The summed E-state index contributed by atoms with van der Waals surface area (Å²) in [5, 5.41) is 6.56. The predicted molar refractivity (Wildman–Crippen MR) is 142 cm³/mol. The second-order valence-electron chi connectivity index (χ2n) is 8.30. The SMILES string of the molecule is CCOC(=O)CC(NC(=O)CC1(C(=O)OCCNc2cccc(C)n2)C=CC=N1)c1cc(Cl)cc(Cl)c1. The number of pyridine rings is 1. The van der Waals surface area contributed by atoms with Crippen molar-refractivity contribution in [3.8, 4) is 0 Å². The molecule has 1 amide bonds. The van der Waals surface area contributed by atoms with E-state index in [4.69, 9.17) is 32.7 Å². The fourth-order valence-electron chi connectivity index (χ4n) is 3.71. The molecular weight excluding hydrogens is 519 g/mol. The van der Waals surface area contributed by atoms with Crippen LogP contribution in [0.3, 0.4) is 0 Å². The zero-order valence-corrected chi connectivity index (χ0v) is 22.0. The normalized spacial score (nSPS) is 16.8. The van der Waals surface area contributed by atoms with Gasteiger partial charge in [-0.15, -0.1) is 0 Å². The lowest BCUT2D eigenvalue weighted by Crippen LogP contribution is -2.42. The number of halogens is 2. The molecule has 2 heterocycles. The van der Waals surface area contributed by atoms with E-state index in [-0.39, 0.29) is 26.1 Å². The summed E-state index contributed by atoms with van der Waals surface area (Å²) in [5.41, 5.74) is -0.123. The van der Waals surface area contributed by atoms with Crippen molar-refractivity contribution < 1.29 is 23.9 Å². The van der Waals surface area contributed by atoms with Gasteiger partial charge in [-0.25, -0.2) is 9.78 Å². The summed E-state index contributed by atoms with van der Waals surface area (Å²) in [4.78, 5) is 46.8. The van der Waals surface area contributed by atoms with Gasteiger partial charge < -0.3 is 20.1 Å². The van der Waals surface area contributed by atoms with E-state index >= 15 is 0 Å². The molecule has 37 heavy (non-hydrogen) atoms. The number of anilines is 1. The van der Waals surface area contributed by atoms with Gasteiger partial charge in [0, 0.05) is 22.0 Å². The summed E-state index contributed by atoms with van der Waals surface area (Å²) in [5.74, 6) is -1.03. The van der Waals surface area contributed by atoms with Gasteiger partial charge in [0.15, 0.2) is 5.54 Å². The number of amides is 1. The van der Waals surface area contributed by atoms with Crippen LogP contribution >= 0.6 is 23.2 Å². The zero-order chi connectivity index (χ0) is 26.8. The quantitative estimate of drug-likeness (QED) is 0.302. The molecule has 0 saturated carbocycles. The molecule has 196 valence electrons. The highest BCUT2D eigenvalue weighted by Crippen LogP contribution is 2.28. The Labute approximate surface area is 225 Å². The summed E-state index contributed by atoms with van der Waals surface area (Å²) in [6.07, 6.45) is 4.07. The molecule has 1 aromatic heterocycles. The third-order valence-electron chi connectivity index (χ3n) is 5.37. The number of rotatable bonds is 12. The Morgan fingerprint density at radius 3 is 2.51 bits per heavy atom. The third-order valence-corrected chi connectivity index (χ3v) is 5.81. The summed E-state index contributed by atoms with van der Waals surface area (Å²) >= 11 is 12.3.